The van der Waals surface area contributed by atoms with Gasteiger partial charge in [0.25, 0.3) is 0 Å². The van der Waals surface area contributed by atoms with Crippen molar-refractivity contribution in [2.45, 2.75) is 32.7 Å². The molecule has 0 saturated carbocycles. The van der Waals surface area contributed by atoms with Crippen LogP contribution in [0.5, 0.6) is 11.5 Å². The van der Waals surface area contributed by atoms with Gasteiger partial charge in [-0.1, -0.05) is 18.2 Å². The number of amides is 1. The smallest absolute Gasteiger partial charge is 0.227 e. The molecule has 174 valence electrons. The van der Waals surface area contributed by atoms with Gasteiger partial charge in [-0.25, -0.2) is 4.98 Å². The minimum absolute atomic E-state index is 0.0169. The number of carbonyl (C=O) groups is 1. The van der Waals surface area contributed by atoms with Gasteiger partial charge in [0.05, 0.1) is 24.7 Å². The predicted molar refractivity (Wildman–Crippen MR) is 134 cm³/mol. The third-order valence-corrected chi connectivity index (χ3v) is 6.34. The van der Waals surface area contributed by atoms with Crippen LogP contribution < -0.4 is 14.4 Å². The molecule has 1 fully saturated rings. The number of carbonyl (C=O) groups excluding carboxylic acids is 1. The van der Waals surface area contributed by atoms with Crippen LogP contribution in [-0.2, 0) is 11.3 Å². The van der Waals surface area contributed by atoms with Gasteiger partial charge >= 0.3 is 0 Å². The van der Waals surface area contributed by atoms with Gasteiger partial charge in [0.15, 0.2) is 0 Å². The van der Waals surface area contributed by atoms with Crippen LogP contribution in [-0.4, -0.2) is 35.7 Å². The second-order valence-corrected chi connectivity index (χ2v) is 8.89. The van der Waals surface area contributed by atoms with Gasteiger partial charge in [0.2, 0.25) is 5.91 Å². The van der Waals surface area contributed by atoms with Crippen molar-refractivity contribution >= 4 is 22.6 Å². The molecule has 2 heterocycles. The molecule has 4 aromatic rings. The van der Waals surface area contributed by atoms with Crippen LogP contribution in [0.1, 0.15) is 29.3 Å². The number of para-hydroxylation sites is 2. The summed E-state index contributed by atoms with van der Waals surface area (Å²) < 4.78 is 13.6. The summed E-state index contributed by atoms with van der Waals surface area (Å²) in [5.41, 5.74) is 5.27. The lowest BCUT2D eigenvalue weighted by atomic mass is 10.1. The third-order valence-electron chi connectivity index (χ3n) is 6.34. The van der Waals surface area contributed by atoms with Crippen molar-refractivity contribution in [1.82, 2.24) is 9.55 Å². The number of aryl methyl sites for hydroxylation is 2. The van der Waals surface area contributed by atoms with E-state index in [-0.39, 0.29) is 11.8 Å². The Kier molecular flexibility index (Phi) is 5.97. The second kappa shape index (κ2) is 9.21. The lowest BCUT2D eigenvalue weighted by Crippen LogP contribution is -2.24. The topological polar surface area (TPSA) is 56.6 Å². The van der Waals surface area contributed by atoms with Gasteiger partial charge in [0.1, 0.15) is 23.9 Å². The van der Waals surface area contributed by atoms with Gasteiger partial charge in [0, 0.05) is 24.6 Å². The Labute approximate surface area is 199 Å². The van der Waals surface area contributed by atoms with Crippen molar-refractivity contribution in [2.75, 3.05) is 25.2 Å². The highest BCUT2D eigenvalue weighted by molar-refractivity contribution is 5.96. The number of fused-ring (bicyclic) bond motifs is 1. The number of anilines is 1. The molecule has 6 nitrogen and oxygen atoms in total. The molecule has 0 bridgehead atoms. The molecule has 1 aliphatic rings. The van der Waals surface area contributed by atoms with Crippen LogP contribution in [0, 0.1) is 13.8 Å². The Morgan fingerprint density at radius 2 is 1.71 bits per heavy atom. The van der Waals surface area contributed by atoms with Gasteiger partial charge in [-0.15, -0.1) is 0 Å². The zero-order valence-corrected chi connectivity index (χ0v) is 19.8. The normalized spacial score (nSPS) is 15.8. The SMILES string of the molecule is COc1ccc(N2CC(c3nc4ccccc4n3CCOc3cc(C)cc(C)c3)CC2=O)cc1. The van der Waals surface area contributed by atoms with E-state index < -0.39 is 0 Å². The summed E-state index contributed by atoms with van der Waals surface area (Å²) in [6.45, 7) is 5.95. The Hall–Kier alpha value is -3.80. The lowest BCUT2D eigenvalue weighted by molar-refractivity contribution is -0.117. The molecule has 1 aromatic heterocycles. The molecule has 1 amide bonds. The number of ether oxygens (including phenoxy) is 2. The highest BCUT2D eigenvalue weighted by Crippen LogP contribution is 2.34. The minimum atomic E-state index is 0.0169. The first-order valence-electron chi connectivity index (χ1n) is 11.6. The first-order valence-corrected chi connectivity index (χ1v) is 11.6. The number of hydrogen-bond acceptors (Lipinski definition) is 4. The summed E-state index contributed by atoms with van der Waals surface area (Å²) in [5.74, 6) is 2.72. The molecule has 34 heavy (non-hydrogen) atoms. The van der Waals surface area contributed by atoms with E-state index in [1.165, 1.54) is 11.1 Å². The van der Waals surface area contributed by atoms with Crippen LogP contribution in [0.3, 0.4) is 0 Å². The minimum Gasteiger partial charge on any atom is -0.497 e. The van der Waals surface area contributed by atoms with E-state index in [2.05, 4.69) is 42.7 Å². The zero-order valence-electron chi connectivity index (χ0n) is 19.8. The van der Waals surface area contributed by atoms with Gasteiger partial charge < -0.3 is 18.9 Å². The van der Waals surface area contributed by atoms with Crippen LogP contribution in [0.4, 0.5) is 5.69 Å². The number of imidazole rings is 1. The number of hydrogen-bond donors (Lipinski definition) is 0. The predicted octanol–water partition coefficient (Wildman–Crippen LogP) is 5.26. The van der Waals surface area contributed by atoms with Crippen LogP contribution >= 0.6 is 0 Å². The van der Waals surface area contributed by atoms with Crippen molar-refractivity contribution in [3.8, 4) is 11.5 Å². The highest BCUT2D eigenvalue weighted by atomic mass is 16.5. The van der Waals surface area contributed by atoms with E-state index >= 15 is 0 Å². The Balaban J connectivity index is 1.38. The van der Waals surface area contributed by atoms with Crippen molar-refractivity contribution in [3.05, 3.63) is 83.7 Å². The molecule has 0 spiro atoms. The summed E-state index contributed by atoms with van der Waals surface area (Å²) in [6.07, 6.45) is 0.438. The zero-order chi connectivity index (χ0) is 23.7. The van der Waals surface area contributed by atoms with Crippen molar-refractivity contribution in [2.24, 2.45) is 0 Å². The molecule has 1 atom stereocenters. The molecular weight excluding hydrogens is 426 g/mol. The summed E-state index contributed by atoms with van der Waals surface area (Å²) in [6, 6.07) is 22.0. The quantitative estimate of drug-likeness (QED) is 0.381. The monoisotopic (exact) mass is 455 g/mol. The standard InChI is InChI=1S/C28H29N3O3/c1-19-14-20(2)16-24(15-19)34-13-12-30-26-7-5-4-6-25(26)29-28(30)21-17-27(32)31(18-21)22-8-10-23(33-3)11-9-22/h4-11,14-16,21H,12-13,17-18H2,1-3H3. The molecule has 0 radical (unpaired) electrons. The number of aromatic nitrogens is 2. The molecule has 3 aromatic carbocycles. The largest absolute Gasteiger partial charge is 0.497 e. The Morgan fingerprint density at radius 1 is 0.971 bits per heavy atom. The van der Waals surface area contributed by atoms with E-state index in [4.69, 9.17) is 14.5 Å². The number of methoxy groups -OCH3 is 1. The summed E-state index contributed by atoms with van der Waals surface area (Å²) in [7, 11) is 1.64. The number of benzene rings is 3. The fourth-order valence-corrected chi connectivity index (χ4v) is 4.80. The van der Waals surface area contributed by atoms with Gasteiger partial charge in [-0.3, -0.25) is 4.79 Å². The molecule has 1 unspecified atom stereocenters. The molecule has 5 rings (SSSR count). The van der Waals surface area contributed by atoms with Gasteiger partial charge in [-0.2, -0.15) is 0 Å². The Morgan fingerprint density at radius 3 is 2.44 bits per heavy atom. The van der Waals surface area contributed by atoms with E-state index in [9.17, 15) is 4.79 Å². The Bertz CT molecular complexity index is 1310. The molecular formula is C28H29N3O3. The van der Waals surface area contributed by atoms with Crippen molar-refractivity contribution in [1.29, 1.82) is 0 Å². The summed E-state index contributed by atoms with van der Waals surface area (Å²) in [4.78, 5) is 19.7. The maximum absolute atomic E-state index is 12.9. The van der Waals surface area contributed by atoms with E-state index in [0.29, 0.717) is 26.1 Å². The first kappa shape index (κ1) is 22.0. The maximum Gasteiger partial charge on any atom is 0.227 e. The third kappa shape index (κ3) is 4.36. The van der Waals surface area contributed by atoms with Crippen LogP contribution in [0.25, 0.3) is 11.0 Å². The van der Waals surface area contributed by atoms with Crippen LogP contribution in [0.15, 0.2) is 66.7 Å². The average molecular weight is 456 g/mol. The summed E-state index contributed by atoms with van der Waals surface area (Å²) in [5, 5.41) is 0. The number of rotatable bonds is 7. The molecule has 1 saturated heterocycles. The fraction of sp³-hybridized carbons (Fsp3) is 0.286. The van der Waals surface area contributed by atoms with Gasteiger partial charge in [-0.05, 0) is 73.5 Å². The molecule has 0 N–H and O–H groups in total. The summed E-state index contributed by atoms with van der Waals surface area (Å²) >= 11 is 0. The fourth-order valence-electron chi connectivity index (χ4n) is 4.80. The first-order chi connectivity index (χ1) is 16.5. The number of nitrogens with zero attached hydrogens (tertiary/aromatic N) is 3. The second-order valence-electron chi connectivity index (χ2n) is 8.89. The highest BCUT2D eigenvalue weighted by Gasteiger charge is 2.34. The van der Waals surface area contributed by atoms with Crippen molar-refractivity contribution < 1.29 is 14.3 Å². The van der Waals surface area contributed by atoms with E-state index in [1.807, 2.05) is 47.4 Å². The lowest BCUT2D eigenvalue weighted by Gasteiger charge is -2.18. The van der Waals surface area contributed by atoms with E-state index in [0.717, 1.165) is 34.0 Å². The van der Waals surface area contributed by atoms with Crippen molar-refractivity contribution in [3.63, 3.8) is 0 Å². The maximum atomic E-state index is 12.9. The average Bonchev–Trinajstić information content (AvgIpc) is 3.39. The molecule has 6 heteroatoms. The van der Waals surface area contributed by atoms with E-state index in [1.54, 1.807) is 7.11 Å². The molecule has 1 aliphatic heterocycles. The molecule has 0 aliphatic carbocycles. The van der Waals surface area contributed by atoms with Crippen LogP contribution in [0.2, 0.25) is 0 Å².